The molecule has 0 spiro atoms. The molecule has 2 aromatic rings. The molecule has 1 N–H and O–H groups in total. The Balaban J connectivity index is 1.96. The molecule has 136 valence electrons. The number of rotatable bonds is 3. The van der Waals surface area contributed by atoms with Gasteiger partial charge in [-0.05, 0) is 44.0 Å². The molecule has 0 bridgehead atoms. The molecule has 1 saturated heterocycles. The summed E-state index contributed by atoms with van der Waals surface area (Å²) in [4.78, 5) is 33.6. The number of amides is 1. The Morgan fingerprint density at radius 2 is 1.88 bits per heavy atom. The van der Waals surface area contributed by atoms with Crippen molar-refractivity contribution in [1.29, 1.82) is 0 Å². The van der Waals surface area contributed by atoms with E-state index in [1.54, 1.807) is 24.8 Å². The minimum atomic E-state index is -1.13. The maximum atomic E-state index is 13.7. The monoisotopic (exact) mass is 357 g/mol. The number of carbonyl (C=O) groups is 2. The van der Waals surface area contributed by atoms with Crippen molar-refractivity contribution in [2.24, 2.45) is 0 Å². The number of carboxylic acids is 1. The van der Waals surface area contributed by atoms with E-state index in [0.717, 1.165) is 24.6 Å². The van der Waals surface area contributed by atoms with Gasteiger partial charge in [-0.3, -0.25) is 4.79 Å². The fraction of sp³-hybridized carbons (Fsp3) is 0.368. The fourth-order valence-electron chi connectivity index (χ4n) is 3.34. The van der Waals surface area contributed by atoms with E-state index in [9.17, 15) is 19.1 Å². The molecule has 1 aromatic heterocycles. The molecule has 1 aliphatic heterocycles. The second-order valence-corrected chi connectivity index (χ2v) is 6.50. The third kappa shape index (κ3) is 3.71. The van der Waals surface area contributed by atoms with Gasteiger partial charge in [-0.25, -0.2) is 19.2 Å². The van der Waals surface area contributed by atoms with Crippen LogP contribution >= 0.6 is 0 Å². The number of nitrogens with zero attached hydrogens (tertiary/aromatic N) is 3. The first kappa shape index (κ1) is 18.0. The molecule has 0 aliphatic carbocycles. The molecule has 3 rings (SSSR count). The fourth-order valence-corrected chi connectivity index (χ4v) is 3.34. The van der Waals surface area contributed by atoms with Crippen LogP contribution in [0.3, 0.4) is 0 Å². The summed E-state index contributed by atoms with van der Waals surface area (Å²) in [5, 5.41) is 9.38. The Kier molecular flexibility index (Phi) is 4.97. The number of piperidine rings is 1. The Morgan fingerprint density at radius 1 is 1.19 bits per heavy atom. The average molecular weight is 357 g/mol. The largest absolute Gasteiger partial charge is 0.478 e. The highest BCUT2D eigenvalue weighted by molar-refractivity contribution is 5.95. The SMILES string of the molecule is CC(=O)N1CCC(c2cc(-c3cc(F)ccc3C(=O)O)nc(C)n2)CC1. The van der Waals surface area contributed by atoms with Crippen molar-refractivity contribution in [2.75, 3.05) is 13.1 Å². The highest BCUT2D eigenvalue weighted by Gasteiger charge is 2.24. The van der Waals surface area contributed by atoms with E-state index >= 15 is 0 Å². The molecule has 1 amide bonds. The molecule has 1 aromatic carbocycles. The van der Waals surface area contributed by atoms with E-state index in [1.807, 2.05) is 0 Å². The van der Waals surface area contributed by atoms with Crippen molar-refractivity contribution in [3.8, 4) is 11.3 Å². The molecule has 0 saturated carbocycles. The summed E-state index contributed by atoms with van der Waals surface area (Å²) in [5.41, 5.74) is 1.45. The topological polar surface area (TPSA) is 83.4 Å². The van der Waals surface area contributed by atoms with Crippen LogP contribution in [0.5, 0.6) is 0 Å². The Labute approximate surface area is 150 Å². The summed E-state index contributed by atoms with van der Waals surface area (Å²) >= 11 is 0. The van der Waals surface area contributed by atoms with Crippen LogP contribution < -0.4 is 0 Å². The molecule has 0 radical (unpaired) electrons. The number of benzene rings is 1. The van der Waals surface area contributed by atoms with Crippen LogP contribution in [0.1, 0.15) is 47.6 Å². The lowest BCUT2D eigenvalue weighted by Crippen LogP contribution is -2.36. The molecule has 0 unspecified atom stereocenters. The highest BCUT2D eigenvalue weighted by Crippen LogP contribution is 2.30. The number of carboxylic acid groups (broad SMARTS) is 1. The van der Waals surface area contributed by atoms with Crippen LogP contribution in [-0.2, 0) is 4.79 Å². The van der Waals surface area contributed by atoms with E-state index in [-0.39, 0.29) is 23.0 Å². The van der Waals surface area contributed by atoms with Crippen molar-refractivity contribution < 1.29 is 19.1 Å². The zero-order chi connectivity index (χ0) is 18.8. The zero-order valence-corrected chi connectivity index (χ0v) is 14.7. The van der Waals surface area contributed by atoms with Crippen molar-refractivity contribution in [1.82, 2.24) is 14.9 Å². The predicted molar refractivity (Wildman–Crippen MR) is 93.4 cm³/mol. The van der Waals surface area contributed by atoms with Gasteiger partial charge < -0.3 is 10.0 Å². The van der Waals surface area contributed by atoms with Gasteiger partial charge in [0.15, 0.2) is 0 Å². The minimum absolute atomic E-state index is 0.00171. The number of hydrogen-bond donors (Lipinski definition) is 1. The summed E-state index contributed by atoms with van der Waals surface area (Å²) in [6.45, 7) is 4.62. The van der Waals surface area contributed by atoms with Crippen LogP contribution in [0.25, 0.3) is 11.3 Å². The molecule has 1 fully saturated rings. The lowest BCUT2D eigenvalue weighted by atomic mass is 9.92. The summed E-state index contributed by atoms with van der Waals surface area (Å²) in [7, 11) is 0. The lowest BCUT2D eigenvalue weighted by Gasteiger charge is -2.31. The molecular weight excluding hydrogens is 337 g/mol. The summed E-state index contributed by atoms with van der Waals surface area (Å²) in [6, 6.07) is 5.30. The molecule has 7 heteroatoms. The van der Waals surface area contributed by atoms with E-state index in [4.69, 9.17) is 0 Å². The van der Waals surface area contributed by atoms with Gasteiger partial charge in [0.2, 0.25) is 5.91 Å². The van der Waals surface area contributed by atoms with Gasteiger partial charge in [-0.15, -0.1) is 0 Å². The number of halogens is 1. The third-order valence-electron chi connectivity index (χ3n) is 4.70. The maximum absolute atomic E-state index is 13.7. The van der Waals surface area contributed by atoms with Gasteiger partial charge >= 0.3 is 5.97 Å². The Bertz CT molecular complexity index is 861. The van der Waals surface area contributed by atoms with Gasteiger partial charge in [0.05, 0.1) is 11.3 Å². The van der Waals surface area contributed by atoms with Crippen LogP contribution in [0.15, 0.2) is 24.3 Å². The molecule has 1 aliphatic rings. The van der Waals surface area contributed by atoms with Crippen LogP contribution in [-0.4, -0.2) is 44.9 Å². The Morgan fingerprint density at radius 3 is 2.50 bits per heavy atom. The van der Waals surface area contributed by atoms with Crippen molar-refractivity contribution in [2.45, 2.75) is 32.6 Å². The number of aryl methyl sites for hydroxylation is 1. The molecule has 6 nitrogen and oxygen atoms in total. The van der Waals surface area contributed by atoms with Gasteiger partial charge in [-0.1, -0.05) is 0 Å². The summed E-state index contributed by atoms with van der Waals surface area (Å²) in [5.74, 6) is -0.918. The zero-order valence-electron chi connectivity index (χ0n) is 14.7. The standard InChI is InChI=1S/C19H20FN3O3/c1-11-21-17(13-5-7-23(8-6-13)12(2)24)10-18(22-11)16-9-14(20)3-4-15(16)19(25)26/h3-4,9-10,13H,5-8H2,1-2H3,(H,25,26). The van der Waals surface area contributed by atoms with Crippen LogP contribution in [0, 0.1) is 12.7 Å². The highest BCUT2D eigenvalue weighted by atomic mass is 19.1. The number of aromatic nitrogens is 2. The smallest absolute Gasteiger partial charge is 0.336 e. The number of aromatic carboxylic acids is 1. The minimum Gasteiger partial charge on any atom is -0.478 e. The van der Waals surface area contributed by atoms with Crippen LogP contribution in [0.4, 0.5) is 4.39 Å². The van der Waals surface area contributed by atoms with Gasteiger partial charge in [-0.2, -0.15) is 0 Å². The number of hydrogen-bond acceptors (Lipinski definition) is 4. The number of carbonyl (C=O) groups excluding carboxylic acids is 1. The second kappa shape index (κ2) is 7.19. The molecule has 2 heterocycles. The maximum Gasteiger partial charge on any atom is 0.336 e. The lowest BCUT2D eigenvalue weighted by molar-refractivity contribution is -0.129. The van der Waals surface area contributed by atoms with E-state index < -0.39 is 11.8 Å². The van der Waals surface area contributed by atoms with Gasteiger partial charge in [0, 0.05) is 37.2 Å². The van der Waals surface area contributed by atoms with Gasteiger partial charge in [0.1, 0.15) is 11.6 Å². The molecule has 26 heavy (non-hydrogen) atoms. The Hall–Kier alpha value is -2.83. The van der Waals surface area contributed by atoms with Gasteiger partial charge in [0.25, 0.3) is 0 Å². The summed E-state index contributed by atoms with van der Waals surface area (Å²) in [6.07, 6.45) is 1.56. The van der Waals surface area contributed by atoms with Crippen molar-refractivity contribution >= 4 is 11.9 Å². The van der Waals surface area contributed by atoms with E-state index in [2.05, 4.69) is 9.97 Å². The molecule has 0 atom stereocenters. The number of likely N-dealkylation sites (tertiary alicyclic amines) is 1. The average Bonchev–Trinajstić information content (AvgIpc) is 2.61. The van der Waals surface area contributed by atoms with E-state index in [1.165, 1.54) is 12.1 Å². The first-order valence-corrected chi connectivity index (χ1v) is 8.49. The normalized spacial score (nSPS) is 15.1. The van der Waals surface area contributed by atoms with Crippen molar-refractivity contribution in [3.63, 3.8) is 0 Å². The first-order valence-electron chi connectivity index (χ1n) is 8.49. The summed E-state index contributed by atoms with van der Waals surface area (Å²) < 4.78 is 13.7. The quantitative estimate of drug-likeness (QED) is 0.913. The molecular formula is C19H20FN3O3. The van der Waals surface area contributed by atoms with E-state index in [0.29, 0.717) is 24.6 Å². The van der Waals surface area contributed by atoms with Crippen molar-refractivity contribution in [3.05, 3.63) is 47.2 Å². The third-order valence-corrected chi connectivity index (χ3v) is 4.70. The first-order chi connectivity index (χ1) is 12.3. The second-order valence-electron chi connectivity index (χ2n) is 6.50. The predicted octanol–water partition coefficient (Wildman–Crippen LogP) is 3.02. The van der Waals surface area contributed by atoms with Crippen LogP contribution in [0.2, 0.25) is 0 Å².